The van der Waals surface area contributed by atoms with Crippen LogP contribution >= 0.6 is 0 Å². The number of amides is 1. The number of rotatable bonds is 1. The van der Waals surface area contributed by atoms with Crippen LogP contribution in [0.3, 0.4) is 0 Å². The summed E-state index contributed by atoms with van der Waals surface area (Å²) < 4.78 is 0. The Morgan fingerprint density at radius 3 is 2.45 bits per heavy atom. The molecule has 7 N–H and O–H groups in total. The normalized spacial score (nSPS) is 33.9. The monoisotopic (exact) mass is 401 g/mol. The Balaban J connectivity index is 2.01. The first-order valence-corrected chi connectivity index (χ1v) is 8.96. The third-order valence-electron chi connectivity index (χ3n) is 6.36. The Labute approximate surface area is 164 Å². The SMILES string of the molecule is C[C@@]1(O)c2cccc(O)c2C(O)=C2C(=O)[C@]3(O)C(O)=C(C(N)=O)C(=O)CC3CC21. The molecular weight excluding hydrogens is 382 g/mol. The van der Waals surface area contributed by atoms with Crippen LogP contribution in [0.25, 0.3) is 5.76 Å². The van der Waals surface area contributed by atoms with Crippen molar-refractivity contribution in [1.29, 1.82) is 0 Å². The number of aliphatic hydroxyl groups excluding tert-OH is 2. The molecule has 9 heteroatoms. The van der Waals surface area contributed by atoms with E-state index in [-0.39, 0.29) is 23.3 Å². The number of Topliss-reactive ketones (excluding diaryl/α,β-unsaturated/α-hetero) is 2. The van der Waals surface area contributed by atoms with Gasteiger partial charge in [-0.3, -0.25) is 14.4 Å². The summed E-state index contributed by atoms with van der Waals surface area (Å²) in [5, 5.41) is 53.7. The number of benzene rings is 1. The van der Waals surface area contributed by atoms with E-state index < -0.39 is 69.6 Å². The smallest absolute Gasteiger partial charge is 0.255 e. The van der Waals surface area contributed by atoms with Crippen LogP contribution in [-0.2, 0) is 20.0 Å². The number of fused-ring (bicyclic) bond motifs is 3. The lowest BCUT2D eigenvalue weighted by Gasteiger charge is -2.50. The second-order valence-electron chi connectivity index (χ2n) is 7.91. The van der Waals surface area contributed by atoms with Crippen molar-refractivity contribution in [2.75, 3.05) is 0 Å². The van der Waals surface area contributed by atoms with E-state index in [0.29, 0.717) is 0 Å². The van der Waals surface area contributed by atoms with Crippen molar-refractivity contribution in [2.45, 2.75) is 31.0 Å². The molecule has 0 bridgehead atoms. The van der Waals surface area contributed by atoms with Gasteiger partial charge < -0.3 is 31.3 Å². The van der Waals surface area contributed by atoms with Gasteiger partial charge in [-0.2, -0.15) is 0 Å². The molecule has 0 saturated heterocycles. The number of aromatic hydroxyl groups is 1. The van der Waals surface area contributed by atoms with Gasteiger partial charge in [0.05, 0.1) is 11.2 Å². The van der Waals surface area contributed by atoms with E-state index >= 15 is 0 Å². The number of aliphatic hydroxyl groups is 4. The zero-order valence-corrected chi connectivity index (χ0v) is 15.3. The Morgan fingerprint density at radius 2 is 1.83 bits per heavy atom. The molecule has 3 aliphatic rings. The number of hydrogen-bond donors (Lipinski definition) is 6. The maximum atomic E-state index is 13.3. The second-order valence-corrected chi connectivity index (χ2v) is 7.91. The van der Waals surface area contributed by atoms with Crippen molar-refractivity contribution >= 4 is 23.2 Å². The predicted octanol–water partition coefficient (Wildman–Crippen LogP) is 0.0889. The third-order valence-corrected chi connectivity index (χ3v) is 6.36. The van der Waals surface area contributed by atoms with Gasteiger partial charge in [0.1, 0.15) is 22.8 Å². The van der Waals surface area contributed by atoms with E-state index in [1.165, 1.54) is 25.1 Å². The van der Waals surface area contributed by atoms with E-state index in [2.05, 4.69) is 0 Å². The summed E-state index contributed by atoms with van der Waals surface area (Å²) in [6, 6.07) is 4.22. The summed E-state index contributed by atoms with van der Waals surface area (Å²) in [6.45, 7) is 1.40. The number of phenols is 1. The number of primary amides is 1. The zero-order chi connectivity index (χ0) is 21.5. The van der Waals surface area contributed by atoms with E-state index in [1.54, 1.807) is 0 Å². The van der Waals surface area contributed by atoms with E-state index in [1.807, 2.05) is 0 Å². The van der Waals surface area contributed by atoms with Gasteiger partial charge in [0.15, 0.2) is 11.4 Å². The van der Waals surface area contributed by atoms with Gasteiger partial charge in [-0.15, -0.1) is 0 Å². The zero-order valence-electron chi connectivity index (χ0n) is 15.3. The van der Waals surface area contributed by atoms with E-state index in [9.17, 15) is 39.9 Å². The molecule has 1 saturated carbocycles. The fraction of sp³-hybridized carbons (Fsp3) is 0.350. The van der Waals surface area contributed by atoms with Gasteiger partial charge >= 0.3 is 0 Å². The van der Waals surface area contributed by atoms with E-state index in [4.69, 9.17) is 5.73 Å². The van der Waals surface area contributed by atoms with Crippen LogP contribution in [0.2, 0.25) is 0 Å². The number of ketones is 2. The summed E-state index contributed by atoms with van der Waals surface area (Å²) in [5.41, 5.74) is -0.491. The standard InChI is InChI=1S/C20H19NO8/c1-19(28)8-3-2-4-10(22)12(8)15(24)13-9(19)5-7-6-11(23)14(18(21)27)17(26)20(7,29)16(13)25/h2-4,7,9,22,24,26,28-29H,5-6H2,1H3,(H2,21,27)/t7?,9?,19-,20+/m1/s1. The first-order chi connectivity index (χ1) is 13.4. The molecule has 1 aromatic rings. The molecule has 2 unspecified atom stereocenters. The highest BCUT2D eigenvalue weighted by Gasteiger charge is 2.63. The van der Waals surface area contributed by atoms with Gasteiger partial charge in [0.2, 0.25) is 5.78 Å². The third kappa shape index (κ3) is 2.19. The predicted molar refractivity (Wildman–Crippen MR) is 97.3 cm³/mol. The Morgan fingerprint density at radius 1 is 1.17 bits per heavy atom. The van der Waals surface area contributed by atoms with Crippen LogP contribution in [0.15, 0.2) is 35.1 Å². The van der Waals surface area contributed by atoms with Crippen molar-refractivity contribution in [2.24, 2.45) is 17.6 Å². The molecule has 1 amide bonds. The second kappa shape index (κ2) is 5.68. The highest BCUT2D eigenvalue weighted by Crippen LogP contribution is 2.56. The molecule has 0 heterocycles. The minimum absolute atomic E-state index is 0.147. The van der Waals surface area contributed by atoms with Crippen molar-refractivity contribution in [3.8, 4) is 5.75 Å². The topological polar surface area (TPSA) is 178 Å². The van der Waals surface area contributed by atoms with Crippen molar-refractivity contribution in [3.63, 3.8) is 0 Å². The molecule has 0 aliphatic heterocycles. The lowest BCUT2D eigenvalue weighted by molar-refractivity contribution is -0.152. The molecular formula is C20H19NO8. The lowest BCUT2D eigenvalue weighted by Crippen LogP contribution is -2.60. The summed E-state index contributed by atoms with van der Waals surface area (Å²) in [7, 11) is 0. The summed E-state index contributed by atoms with van der Waals surface area (Å²) in [4.78, 5) is 37.2. The molecule has 9 nitrogen and oxygen atoms in total. The summed E-state index contributed by atoms with van der Waals surface area (Å²) in [6.07, 6.45) is -0.594. The van der Waals surface area contributed by atoms with Gasteiger partial charge in [0.25, 0.3) is 5.91 Å². The molecule has 1 aromatic carbocycles. The number of hydrogen-bond acceptors (Lipinski definition) is 8. The van der Waals surface area contributed by atoms with Gasteiger partial charge in [-0.25, -0.2) is 0 Å². The molecule has 0 radical (unpaired) electrons. The molecule has 4 atom stereocenters. The Hall–Kier alpha value is -3.17. The summed E-state index contributed by atoms with van der Waals surface area (Å²) in [5.74, 6) is -7.61. The minimum atomic E-state index is -2.66. The highest BCUT2D eigenvalue weighted by atomic mass is 16.3. The average molecular weight is 401 g/mol. The molecule has 0 aromatic heterocycles. The molecule has 4 rings (SSSR count). The van der Waals surface area contributed by atoms with Crippen LogP contribution < -0.4 is 5.73 Å². The highest BCUT2D eigenvalue weighted by molar-refractivity contribution is 6.22. The fourth-order valence-electron chi connectivity index (χ4n) is 4.87. The quantitative estimate of drug-likeness (QED) is 0.358. The number of nitrogens with two attached hydrogens (primary N) is 1. The first-order valence-electron chi connectivity index (χ1n) is 8.96. The summed E-state index contributed by atoms with van der Waals surface area (Å²) >= 11 is 0. The Kier molecular flexibility index (Phi) is 3.75. The van der Waals surface area contributed by atoms with Crippen molar-refractivity contribution < 1.29 is 39.9 Å². The van der Waals surface area contributed by atoms with Crippen molar-refractivity contribution in [3.05, 3.63) is 46.2 Å². The molecule has 29 heavy (non-hydrogen) atoms. The average Bonchev–Trinajstić information content (AvgIpc) is 2.62. The van der Waals surface area contributed by atoms with Crippen LogP contribution in [0.4, 0.5) is 0 Å². The number of carbonyl (C=O) groups excluding carboxylic acids is 3. The fourth-order valence-corrected chi connectivity index (χ4v) is 4.87. The maximum absolute atomic E-state index is 13.3. The van der Waals surface area contributed by atoms with Gasteiger partial charge in [-0.1, -0.05) is 12.1 Å². The molecule has 152 valence electrons. The maximum Gasteiger partial charge on any atom is 0.255 e. The molecule has 1 fully saturated rings. The van der Waals surface area contributed by atoms with Crippen LogP contribution in [0.1, 0.15) is 30.9 Å². The van der Waals surface area contributed by atoms with Crippen LogP contribution in [-0.4, -0.2) is 48.6 Å². The molecule has 0 spiro atoms. The number of carbonyl (C=O) groups is 3. The minimum Gasteiger partial charge on any atom is -0.508 e. The Bertz CT molecular complexity index is 1070. The van der Waals surface area contributed by atoms with Crippen molar-refractivity contribution in [1.82, 2.24) is 0 Å². The largest absolute Gasteiger partial charge is 0.508 e. The van der Waals surface area contributed by atoms with Crippen LogP contribution in [0.5, 0.6) is 5.75 Å². The lowest BCUT2D eigenvalue weighted by atomic mass is 9.56. The number of phenolic OH excluding ortho intramolecular Hbond substituents is 1. The van der Waals surface area contributed by atoms with Crippen LogP contribution in [0, 0.1) is 11.8 Å². The van der Waals surface area contributed by atoms with Gasteiger partial charge in [0, 0.05) is 23.8 Å². The van der Waals surface area contributed by atoms with E-state index in [0.717, 1.165) is 0 Å². The first kappa shape index (κ1) is 19.2. The molecule has 3 aliphatic carbocycles. The van der Waals surface area contributed by atoms with Gasteiger partial charge in [-0.05, 0) is 25.0 Å².